The number of nitrogens with one attached hydrogen (secondary N) is 1. The Balaban J connectivity index is 2.18. The quantitative estimate of drug-likeness (QED) is 0.899. The van der Waals surface area contributed by atoms with E-state index >= 15 is 0 Å². The van der Waals surface area contributed by atoms with Gasteiger partial charge < -0.3 is 10.2 Å². The lowest BCUT2D eigenvalue weighted by Gasteiger charge is -2.16. The van der Waals surface area contributed by atoms with Gasteiger partial charge in [-0.25, -0.2) is 0 Å². The molecule has 0 bridgehead atoms. The number of benzene rings is 1. The third-order valence-electron chi connectivity index (χ3n) is 3.14. The van der Waals surface area contributed by atoms with Crippen LogP contribution in [0.1, 0.15) is 24.5 Å². The zero-order chi connectivity index (χ0) is 13.8. The van der Waals surface area contributed by atoms with E-state index in [1.54, 1.807) is 17.0 Å². The molecule has 4 heteroatoms. The van der Waals surface area contributed by atoms with E-state index < -0.39 is 0 Å². The van der Waals surface area contributed by atoms with E-state index in [0.29, 0.717) is 12.1 Å². The highest BCUT2D eigenvalue weighted by atomic mass is 16.2. The Kier molecular flexibility index (Phi) is 3.86. The Morgan fingerprint density at radius 3 is 2.95 bits per heavy atom. The van der Waals surface area contributed by atoms with Crippen LogP contribution in [0.4, 0.5) is 5.69 Å². The van der Waals surface area contributed by atoms with Crippen LogP contribution in [0.25, 0.3) is 0 Å². The monoisotopic (exact) mass is 255 g/mol. The van der Waals surface area contributed by atoms with Gasteiger partial charge in [0.15, 0.2) is 0 Å². The summed E-state index contributed by atoms with van der Waals surface area (Å²) in [5.41, 5.74) is 3.25. The summed E-state index contributed by atoms with van der Waals surface area (Å²) in [6.45, 7) is 5.35. The van der Waals surface area contributed by atoms with Gasteiger partial charge in [0, 0.05) is 18.3 Å². The number of amides is 1. The van der Waals surface area contributed by atoms with E-state index in [1.807, 2.05) is 26.0 Å². The molecule has 1 heterocycles. The molecule has 1 aromatic rings. The van der Waals surface area contributed by atoms with Gasteiger partial charge in [0.2, 0.25) is 5.91 Å². The Morgan fingerprint density at radius 2 is 2.26 bits per heavy atom. The molecule has 0 radical (unpaired) electrons. The van der Waals surface area contributed by atoms with Gasteiger partial charge in [-0.3, -0.25) is 4.79 Å². The molecular weight excluding hydrogens is 238 g/mol. The summed E-state index contributed by atoms with van der Waals surface area (Å²) in [4.78, 5) is 13.5. The van der Waals surface area contributed by atoms with Crippen molar-refractivity contribution in [1.82, 2.24) is 4.90 Å². The van der Waals surface area contributed by atoms with Gasteiger partial charge in [0.05, 0.1) is 17.8 Å². The third-order valence-corrected chi connectivity index (χ3v) is 3.14. The highest BCUT2D eigenvalue weighted by Gasteiger charge is 2.21. The molecule has 4 nitrogen and oxygen atoms in total. The maximum atomic E-state index is 11.7. The van der Waals surface area contributed by atoms with Crippen LogP contribution >= 0.6 is 0 Å². The van der Waals surface area contributed by atoms with Crippen LogP contribution in [-0.4, -0.2) is 23.9 Å². The van der Waals surface area contributed by atoms with Gasteiger partial charge in [-0.05, 0) is 25.0 Å². The predicted octanol–water partition coefficient (Wildman–Crippen LogP) is 2.41. The zero-order valence-corrected chi connectivity index (χ0v) is 11.2. The largest absolute Gasteiger partial charge is 0.356 e. The fourth-order valence-electron chi connectivity index (χ4n) is 2.19. The molecule has 1 aromatic carbocycles. The van der Waals surface area contributed by atoms with E-state index in [0.717, 1.165) is 29.9 Å². The standard InChI is InChI=1S/C15H17N3O/c1-3-7-18-10-13(8-14(18)19)17-15-11(2)5-4-6-12(15)9-16/h4-6,8,17H,3,7,10H2,1-2H3. The number of hydrogen-bond acceptors (Lipinski definition) is 3. The number of anilines is 1. The topological polar surface area (TPSA) is 56.1 Å². The summed E-state index contributed by atoms with van der Waals surface area (Å²) in [5, 5.41) is 12.3. The van der Waals surface area contributed by atoms with Crippen LogP contribution in [0.5, 0.6) is 0 Å². The molecule has 2 rings (SSSR count). The molecule has 98 valence electrons. The van der Waals surface area contributed by atoms with Crippen molar-refractivity contribution in [3.63, 3.8) is 0 Å². The molecule has 19 heavy (non-hydrogen) atoms. The molecular formula is C15H17N3O. The van der Waals surface area contributed by atoms with E-state index in [9.17, 15) is 4.79 Å². The summed E-state index contributed by atoms with van der Waals surface area (Å²) in [6, 6.07) is 7.75. The molecule has 1 aliphatic heterocycles. The number of carbonyl (C=O) groups is 1. The van der Waals surface area contributed by atoms with Crippen LogP contribution in [0.3, 0.4) is 0 Å². The Hall–Kier alpha value is -2.28. The number of nitrogens with zero attached hydrogens (tertiary/aromatic N) is 2. The minimum atomic E-state index is 0.0384. The molecule has 0 aromatic heterocycles. The van der Waals surface area contributed by atoms with Crippen molar-refractivity contribution in [2.45, 2.75) is 20.3 Å². The molecule has 1 amide bonds. The lowest BCUT2D eigenvalue weighted by molar-refractivity contribution is -0.124. The van der Waals surface area contributed by atoms with E-state index in [1.165, 1.54) is 0 Å². The lowest BCUT2D eigenvalue weighted by atomic mass is 10.1. The number of carbonyl (C=O) groups excluding carboxylic acids is 1. The minimum Gasteiger partial charge on any atom is -0.356 e. The van der Waals surface area contributed by atoms with Crippen LogP contribution in [0, 0.1) is 18.3 Å². The number of aryl methyl sites for hydroxylation is 1. The van der Waals surface area contributed by atoms with Crippen molar-refractivity contribution in [3.05, 3.63) is 41.1 Å². The minimum absolute atomic E-state index is 0.0384. The fourth-order valence-corrected chi connectivity index (χ4v) is 2.19. The Labute approximate surface area is 113 Å². The highest BCUT2D eigenvalue weighted by molar-refractivity contribution is 5.92. The average molecular weight is 255 g/mol. The van der Waals surface area contributed by atoms with Gasteiger partial charge >= 0.3 is 0 Å². The molecule has 1 aliphatic rings. The highest BCUT2D eigenvalue weighted by Crippen LogP contribution is 2.23. The molecule has 0 saturated heterocycles. The van der Waals surface area contributed by atoms with Gasteiger partial charge in [0.1, 0.15) is 6.07 Å². The first-order valence-electron chi connectivity index (χ1n) is 6.42. The number of nitriles is 1. The third kappa shape index (κ3) is 2.76. The smallest absolute Gasteiger partial charge is 0.248 e. The summed E-state index contributed by atoms with van der Waals surface area (Å²) >= 11 is 0. The van der Waals surface area contributed by atoms with Crippen LogP contribution in [-0.2, 0) is 4.79 Å². The number of rotatable bonds is 4. The van der Waals surface area contributed by atoms with Crippen molar-refractivity contribution < 1.29 is 4.79 Å². The normalized spacial score (nSPS) is 14.3. The maximum absolute atomic E-state index is 11.7. The molecule has 0 fully saturated rings. The second kappa shape index (κ2) is 5.57. The Morgan fingerprint density at radius 1 is 1.47 bits per heavy atom. The number of para-hydroxylation sites is 1. The molecule has 0 aliphatic carbocycles. The van der Waals surface area contributed by atoms with Crippen LogP contribution in [0.15, 0.2) is 30.0 Å². The van der Waals surface area contributed by atoms with E-state index in [4.69, 9.17) is 5.26 Å². The van der Waals surface area contributed by atoms with Crippen LogP contribution < -0.4 is 5.32 Å². The van der Waals surface area contributed by atoms with E-state index in [-0.39, 0.29) is 5.91 Å². The second-order valence-corrected chi connectivity index (χ2v) is 4.66. The first kappa shape index (κ1) is 13.2. The SMILES string of the molecule is CCCN1CC(Nc2c(C)cccc2C#N)=CC1=O. The van der Waals surface area contributed by atoms with Crippen molar-refractivity contribution >= 4 is 11.6 Å². The summed E-state index contributed by atoms with van der Waals surface area (Å²) in [6.07, 6.45) is 2.56. The van der Waals surface area contributed by atoms with Gasteiger partial charge in [-0.2, -0.15) is 5.26 Å². The number of hydrogen-bond donors (Lipinski definition) is 1. The lowest BCUT2D eigenvalue weighted by Crippen LogP contribution is -2.27. The maximum Gasteiger partial charge on any atom is 0.248 e. The van der Waals surface area contributed by atoms with Crippen LogP contribution in [0.2, 0.25) is 0 Å². The summed E-state index contributed by atoms with van der Waals surface area (Å²) < 4.78 is 0. The molecule has 0 atom stereocenters. The van der Waals surface area contributed by atoms with Crippen molar-refractivity contribution in [2.24, 2.45) is 0 Å². The predicted molar refractivity (Wildman–Crippen MR) is 74.5 cm³/mol. The first-order valence-corrected chi connectivity index (χ1v) is 6.42. The first-order chi connectivity index (χ1) is 9.15. The fraction of sp³-hybridized carbons (Fsp3) is 0.333. The second-order valence-electron chi connectivity index (χ2n) is 4.66. The zero-order valence-electron chi connectivity index (χ0n) is 11.2. The van der Waals surface area contributed by atoms with Gasteiger partial charge in [-0.15, -0.1) is 0 Å². The van der Waals surface area contributed by atoms with E-state index in [2.05, 4.69) is 11.4 Å². The van der Waals surface area contributed by atoms with Crippen molar-refractivity contribution in [2.75, 3.05) is 18.4 Å². The summed E-state index contributed by atoms with van der Waals surface area (Å²) in [7, 11) is 0. The van der Waals surface area contributed by atoms with Crippen molar-refractivity contribution in [3.8, 4) is 6.07 Å². The van der Waals surface area contributed by atoms with Crippen molar-refractivity contribution in [1.29, 1.82) is 5.26 Å². The molecule has 1 N–H and O–H groups in total. The summed E-state index contributed by atoms with van der Waals surface area (Å²) in [5.74, 6) is 0.0384. The molecule has 0 saturated carbocycles. The Bertz CT molecular complexity index is 569. The van der Waals surface area contributed by atoms with Gasteiger partial charge in [-0.1, -0.05) is 19.1 Å². The molecule has 0 unspecified atom stereocenters. The average Bonchev–Trinajstić information content (AvgIpc) is 2.73. The van der Waals surface area contributed by atoms with Gasteiger partial charge in [0.25, 0.3) is 0 Å². The molecule has 0 spiro atoms.